The third-order valence-electron chi connectivity index (χ3n) is 4.10. The molecule has 0 atom stereocenters. The number of nitrogens with zero attached hydrogens (tertiary/aromatic N) is 1. The Kier molecular flexibility index (Phi) is 4.77. The number of nitrogens with one attached hydrogen (secondary N) is 1. The Morgan fingerprint density at radius 2 is 2.19 bits per heavy atom. The first-order valence-corrected chi connectivity index (χ1v) is 8.38. The fraction of sp³-hybridized carbons (Fsp3) is 0.667. The maximum absolute atomic E-state index is 12.3. The van der Waals surface area contributed by atoms with Crippen molar-refractivity contribution >= 4 is 17.2 Å². The molecule has 1 aliphatic heterocycles. The topological polar surface area (TPSA) is 50.8 Å². The van der Waals surface area contributed by atoms with Gasteiger partial charge in [0.15, 0.2) is 0 Å². The molecule has 0 saturated carbocycles. The molecule has 0 aromatic carbocycles. The van der Waals surface area contributed by atoms with Crippen molar-refractivity contribution in [3.05, 3.63) is 15.3 Å². The smallest absolute Gasteiger partial charge is 0.265 e. The van der Waals surface area contributed by atoms with Crippen LogP contribution < -0.4 is 10.1 Å². The van der Waals surface area contributed by atoms with Crippen LogP contribution in [0, 0.1) is 0 Å². The van der Waals surface area contributed by atoms with E-state index in [-0.39, 0.29) is 5.91 Å². The number of amides is 1. The van der Waals surface area contributed by atoms with Gasteiger partial charge in [0, 0.05) is 36.6 Å². The molecule has 3 rings (SSSR count). The van der Waals surface area contributed by atoms with Crippen molar-refractivity contribution in [2.75, 3.05) is 46.5 Å². The number of methoxy groups -OCH3 is 1. The third-order valence-corrected chi connectivity index (χ3v) is 5.37. The third kappa shape index (κ3) is 3.22. The fourth-order valence-corrected chi connectivity index (χ4v) is 4.25. The summed E-state index contributed by atoms with van der Waals surface area (Å²) in [4.78, 5) is 16.7. The molecule has 0 radical (unpaired) electrons. The van der Waals surface area contributed by atoms with Gasteiger partial charge in [0.1, 0.15) is 10.6 Å². The molecule has 1 N–H and O–H groups in total. The highest BCUT2D eigenvalue weighted by Gasteiger charge is 2.26. The van der Waals surface area contributed by atoms with Crippen molar-refractivity contribution in [2.45, 2.75) is 19.3 Å². The van der Waals surface area contributed by atoms with Crippen molar-refractivity contribution in [3.63, 3.8) is 0 Å². The van der Waals surface area contributed by atoms with Crippen LogP contribution in [0.2, 0.25) is 0 Å². The van der Waals surface area contributed by atoms with Crippen molar-refractivity contribution in [3.8, 4) is 5.75 Å². The van der Waals surface area contributed by atoms with E-state index in [4.69, 9.17) is 9.47 Å². The standard InChI is InChI=1S/C15H22N2O3S/c1-19-13-11-3-2-4-12(11)21-14(13)15(18)16-5-6-17-7-9-20-10-8-17/h2-10H2,1H3,(H,16,18). The molecule has 1 amide bonds. The molecular formula is C15H22N2O3S. The zero-order valence-corrected chi connectivity index (χ0v) is 13.3. The fourth-order valence-electron chi connectivity index (χ4n) is 2.97. The maximum Gasteiger partial charge on any atom is 0.265 e. The average Bonchev–Trinajstić information content (AvgIpc) is 3.08. The van der Waals surface area contributed by atoms with Crippen molar-refractivity contribution in [1.82, 2.24) is 10.2 Å². The molecule has 0 bridgehead atoms. The summed E-state index contributed by atoms with van der Waals surface area (Å²) in [5.74, 6) is 0.802. The summed E-state index contributed by atoms with van der Waals surface area (Å²) in [6, 6.07) is 0. The normalized spacial score (nSPS) is 18.5. The number of morpholine rings is 1. The molecular weight excluding hydrogens is 288 g/mol. The van der Waals surface area contributed by atoms with Gasteiger partial charge in [-0.25, -0.2) is 0 Å². The minimum atomic E-state index is -0.000454. The van der Waals surface area contributed by atoms with E-state index >= 15 is 0 Å². The first-order chi connectivity index (χ1) is 10.3. The largest absolute Gasteiger partial charge is 0.495 e. The molecule has 0 unspecified atom stereocenters. The second-order valence-corrected chi connectivity index (χ2v) is 6.53. The molecule has 5 nitrogen and oxygen atoms in total. The van der Waals surface area contributed by atoms with Gasteiger partial charge in [-0.15, -0.1) is 11.3 Å². The van der Waals surface area contributed by atoms with E-state index in [2.05, 4.69) is 10.2 Å². The minimum absolute atomic E-state index is 0.000454. The van der Waals surface area contributed by atoms with E-state index in [9.17, 15) is 4.79 Å². The number of carbonyl (C=O) groups excluding carboxylic acids is 1. The SMILES string of the molecule is COc1c(C(=O)NCCN2CCOCC2)sc2c1CCC2. The van der Waals surface area contributed by atoms with Gasteiger partial charge in [-0.3, -0.25) is 9.69 Å². The number of hydrogen-bond acceptors (Lipinski definition) is 5. The predicted octanol–water partition coefficient (Wildman–Crippen LogP) is 1.31. The Morgan fingerprint density at radius 1 is 1.38 bits per heavy atom. The molecule has 2 heterocycles. The summed E-state index contributed by atoms with van der Waals surface area (Å²) < 4.78 is 10.8. The molecule has 116 valence electrons. The number of carbonyl (C=O) groups is 1. The maximum atomic E-state index is 12.3. The lowest BCUT2D eigenvalue weighted by Gasteiger charge is -2.26. The molecule has 1 aromatic heterocycles. The Morgan fingerprint density at radius 3 is 2.95 bits per heavy atom. The Balaban J connectivity index is 1.55. The molecule has 1 aliphatic carbocycles. The number of fused-ring (bicyclic) bond motifs is 1. The summed E-state index contributed by atoms with van der Waals surface area (Å²) in [6.45, 7) is 5.03. The van der Waals surface area contributed by atoms with Crippen LogP contribution in [0.3, 0.4) is 0 Å². The van der Waals surface area contributed by atoms with Crippen LogP contribution in [-0.4, -0.2) is 57.3 Å². The van der Waals surface area contributed by atoms with E-state index in [0.717, 1.165) is 56.3 Å². The van der Waals surface area contributed by atoms with Crippen LogP contribution in [0.5, 0.6) is 5.75 Å². The van der Waals surface area contributed by atoms with Crippen LogP contribution in [-0.2, 0) is 17.6 Å². The van der Waals surface area contributed by atoms with E-state index in [0.29, 0.717) is 6.54 Å². The van der Waals surface area contributed by atoms with Crippen molar-refractivity contribution < 1.29 is 14.3 Å². The monoisotopic (exact) mass is 310 g/mol. The number of aryl methyl sites for hydroxylation is 1. The Labute approximate surface area is 129 Å². The Bertz CT molecular complexity index is 509. The lowest BCUT2D eigenvalue weighted by atomic mass is 10.2. The van der Waals surface area contributed by atoms with E-state index in [1.165, 1.54) is 16.9 Å². The number of ether oxygens (including phenoxy) is 2. The molecule has 0 spiro atoms. The first-order valence-electron chi connectivity index (χ1n) is 7.56. The average molecular weight is 310 g/mol. The summed E-state index contributed by atoms with van der Waals surface area (Å²) in [5, 5.41) is 3.02. The van der Waals surface area contributed by atoms with E-state index in [1.807, 2.05) is 0 Å². The van der Waals surface area contributed by atoms with E-state index in [1.54, 1.807) is 18.4 Å². The molecule has 1 fully saturated rings. The lowest BCUT2D eigenvalue weighted by molar-refractivity contribution is 0.0383. The van der Waals surface area contributed by atoms with Crippen molar-refractivity contribution in [2.24, 2.45) is 0 Å². The van der Waals surface area contributed by atoms with Crippen LogP contribution in [0.4, 0.5) is 0 Å². The second-order valence-electron chi connectivity index (χ2n) is 5.43. The Hall–Kier alpha value is -1.11. The zero-order chi connectivity index (χ0) is 14.7. The molecule has 1 saturated heterocycles. The molecule has 1 aromatic rings. The minimum Gasteiger partial charge on any atom is -0.495 e. The quantitative estimate of drug-likeness (QED) is 0.891. The lowest BCUT2D eigenvalue weighted by Crippen LogP contribution is -2.41. The van der Waals surface area contributed by atoms with Gasteiger partial charge in [0.05, 0.1) is 20.3 Å². The number of thiophene rings is 1. The van der Waals surface area contributed by atoms with Gasteiger partial charge in [0.2, 0.25) is 0 Å². The summed E-state index contributed by atoms with van der Waals surface area (Å²) in [6.07, 6.45) is 3.30. The summed E-state index contributed by atoms with van der Waals surface area (Å²) >= 11 is 1.60. The highest BCUT2D eigenvalue weighted by Crippen LogP contribution is 2.40. The van der Waals surface area contributed by atoms with Crippen LogP contribution in [0.1, 0.15) is 26.5 Å². The predicted molar refractivity (Wildman–Crippen MR) is 82.5 cm³/mol. The zero-order valence-electron chi connectivity index (χ0n) is 12.4. The summed E-state index contributed by atoms with van der Waals surface area (Å²) in [7, 11) is 1.66. The molecule has 21 heavy (non-hydrogen) atoms. The van der Waals surface area contributed by atoms with Gasteiger partial charge < -0.3 is 14.8 Å². The van der Waals surface area contributed by atoms with Crippen LogP contribution in [0.25, 0.3) is 0 Å². The van der Waals surface area contributed by atoms with Gasteiger partial charge in [-0.1, -0.05) is 0 Å². The van der Waals surface area contributed by atoms with Gasteiger partial charge in [-0.05, 0) is 19.3 Å². The van der Waals surface area contributed by atoms with Gasteiger partial charge >= 0.3 is 0 Å². The number of hydrogen-bond donors (Lipinski definition) is 1. The second kappa shape index (κ2) is 6.77. The van der Waals surface area contributed by atoms with Crippen LogP contribution >= 0.6 is 11.3 Å². The molecule has 6 heteroatoms. The van der Waals surface area contributed by atoms with Crippen molar-refractivity contribution in [1.29, 1.82) is 0 Å². The summed E-state index contributed by atoms with van der Waals surface area (Å²) in [5.41, 5.74) is 1.25. The van der Waals surface area contributed by atoms with Crippen LogP contribution in [0.15, 0.2) is 0 Å². The number of rotatable bonds is 5. The highest BCUT2D eigenvalue weighted by molar-refractivity contribution is 7.14. The van der Waals surface area contributed by atoms with E-state index < -0.39 is 0 Å². The highest BCUT2D eigenvalue weighted by atomic mass is 32.1. The van der Waals surface area contributed by atoms with Gasteiger partial charge in [0.25, 0.3) is 5.91 Å². The van der Waals surface area contributed by atoms with Gasteiger partial charge in [-0.2, -0.15) is 0 Å². The molecule has 2 aliphatic rings. The first kappa shape index (κ1) is 14.8.